The Balaban J connectivity index is 3.09. The van der Waals surface area contributed by atoms with Crippen LogP contribution in [0.1, 0.15) is 29.9 Å². The summed E-state index contributed by atoms with van der Waals surface area (Å²) < 4.78 is 2.40. The van der Waals surface area contributed by atoms with E-state index in [4.69, 9.17) is 0 Å². The summed E-state index contributed by atoms with van der Waals surface area (Å²) in [6, 6.07) is 0. The quantitative estimate of drug-likeness (QED) is 0.765. The van der Waals surface area contributed by atoms with Crippen molar-refractivity contribution in [3.05, 3.63) is 15.9 Å². The molecule has 0 atom stereocenters. The molecule has 3 nitrogen and oxygen atoms in total. The Bertz CT molecular complexity index is 318. The van der Waals surface area contributed by atoms with Crippen LogP contribution >= 0.6 is 15.9 Å². The second-order valence-corrected chi connectivity index (χ2v) is 4.24. The largest absolute Gasteiger partial charge is 0.298 e. The molecule has 1 heterocycles. The van der Waals surface area contributed by atoms with Crippen molar-refractivity contribution in [2.24, 2.45) is 13.0 Å². The van der Waals surface area contributed by atoms with Crippen molar-refractivity contribution < 1.29 is 4.79 Å². The predicted molar refractivity (Wildman–Crippen MR) is 54.8 cm³/mol. The van der Waals surface area contributed by atoms with Gasteiger partial charge in [-0.15, -0.1) is 0 Å². The molecule has 0 bridgehead atoms. The Morgan fingerprint density at radius 2 is 2.23 bits per heavy atom. The monoisotopic (exact) mass is 244 g/mol. The fraction of sp³-hybridized carbons (Fsp3) is 0.556. The number of carbonyl (C=O) groups is 1. The first-order valence-electron chi connectivity index (χ1n) is 4.22. The molecule has 0 aliphatic rings. The number of hydrogen-bond acceptors (Lipinski definition) is 2. The molecular formula is C9H13BrN2O. The van der Waals surface area contributed by atoms with Gasteiger partial charge in [0.15, 0.2) is 6.29 Å². The third kappa shape index (κ3) is 2.18. The lowest BCUT2D eigenvalue weighted by atomic mass is 10.1. The molecule has 1 aromatic heterocycles. The van der Waals surface area contributed by atoms with E-state index in [9.17, 15) is 4.79 Å². The van der Waals surface area contributed by atoms with Gasteiger partial charge in [-0.05, 0) is 28.3 Å². The molecule has 0 aliphatic carbocycles. The Labute approximate surface area is 86.3 Å². The van der Waals surface area contributed by atoms with E-state index < -0.39 is 0 Å². The minimum Gasteiger partial charge on any atom is -0.298 e. The van der Waals surface area contributed by atoms with Crippen LogP contribution in [0.15, 0.2) is 4.60 Å². The van der Waals surface area contributed by atoms with Gasteiger partial charge in [-0.3, -0.25) is 9.48 Å². The highest BCUT2D eigenvalue weighted by atomic mass is 79.9. The van der Waals surface area contributed by atoms with Crippen LogP contribution in [0.3, 0.4) is 0 Å². The van der Waals surface area contributed by atoms with Crippen molar-refractivity contribution in [2.45, 2.75) is 20.3 Å². The fourth-order valence-electron chi connectivity index (χ4n) is 1.28. The number of hydrogen-bond donors (Lipinski definition) is 0. The molecule has 0 saturated heterocycles. The van der Waals surface area contributed by atoms with Crippen LogP contribution in [0.2, 0.25) is 0 Å². The molecule has 72 valence electrons. The second-order valence-electron chi connectivity index (χ2n) is 3.49. The van der Waals surface area contributed by atoms with Crippen LogP contribution in [0.4, 0.5) is 0 Å². The summed E-state index contributed by atoms with van der Waals surface area (Å²) in [6.45, 7) is 4.24. The lowest BCUT2D eigenvalue weighted by Gasteiger charge is -2.05. The van der Waals surface area contributed by atoms with Crippen molar-refractivity contribution >= 4 is 22.2 Å². The zero-order valence-corrected chi connectivity index (χ0v) is 9.63. The summed E-state index contributed by atoms with van der Waals surface area (Å²) >= 11 is 3.25. The summed E-state index contributed by atoms with van der Waals surface area (Å²) in [5, 5.41) is 4.14. The Hall–Kier alpha value is -0.640. The van der Waals surface area contributed by atoms with Crippen molar-refractivity contribution in [1.29, 1.82) is 0 Å². The molecule has 0 spiro atoms. The zero-order chi connectivity index (χ0) is 10.0. The Kier molecular flexibility index (Phi) is 3.25. The lowest BCUT2D eigenvalue weighted by Crippen LogP contribution is -2.04. The average molecular weight is 245 g/mol. The maximum absolute atomic E-state index is 10.8. The van der Waals surface area contributed by atoms with Crippen molar-refractivity contribution in [3.63, 3.8) is 0 Å². The molecule has 0 amide bonds. The summed E-state index contributed by atoms with van der Waals surface area (Å²) in [7, 11) is 1.86. The predicted octanol–water partition coefficient (Wildman–Crippen LogP) is 2.19. The van der Waals surface area contributed by atoms with E-state index in [0.29, 0.717) is 16.1 Å². The summed E-state index contributed by atoms with van der Waals surface area (Å²) in [5.74, 6) is 0.529. The standard InChI is InChI=1S/C9H13BrN2O/c1-6(2)4-8-7(5-13)9(10)11-12(8)3/h5-6H,4H2,1-3H3. The summed E-state index contributed by atoms with van der Waals surface area (Å²) in [4.78, 5) is 10.8. The fourth-order valence-corrected chi connectivity index (χ4v) is 1.84. The lowest BCUT2D eigenvalue weighted by molar-refractivity contribution is 0.112. The second kappa shape index (κ2) is 4.05. The van der Waals surface area contributed by atoms with Crippen LogP contribution in [0, 0.1) is 5.92 Å². The first-order valence-corrected chi connectivity index (χ1v) is 5.02. The molecule has 4 heteroatoms. The molecule has 0 radical (unpaired) electrons. The van der Waals surface area contributed by atoms with E-state index in [1.165, 1.54) is 0 Å². The van der Waals surface area contributed by atoms with Crippen LogP contribution in [0.25, 0.3) is 0 Å². The van der Waals surface area contributed by atoms with Crippen LogP contribution in [-0.4, -0.2) is 16.1 Å². The molecule has 0 saturated carbocycles. The molecule has 13 heavy (non-hydrogen) atoms. The molecular weight excluding hydrogens is 232 g/mol. The van der Waals surface area contributed by atoms with Gasteiger partial charge in [-0.2, -0.15) is 5.10 Å². The van der Waals surface area contributed by atoms with Crippen molar-refractivity contribution in [1.82, 2.24) is 9.78 Å². The van der Waals surface area contributed by atoms with Gasteiger partial charge in [-0.25, -0.2) is 0 Å². The number of rotatable bonds is 3. The molecule has 1 aromatic rings. The van der Waals surface area contributed by atoms with Crippen LogP contribution in [-0.2, 0) is 13.5 Å². The van der Waals surface area contributed by atoms with Gasteiger partial charge in [0.05, 0.1) is 11.3 Å². The van der Waals surface area contributed by atoms with Gasteiger partial charge in [0.2, 0.25) is 0 Å². The van der Waals surface area contributed by atoms with Crippen LogP contribution in [0.5, 0.6) is 0 Å². The van der Waals surface area contributed by atoms with Crippen LogP contribution < -0.4 is 0 Å². The average Bonchev–Trinajstić information content (AvgIpc) is 2.26. The Morgan fingerprint density at radius 3 is 2.69 bits per heavy atom. The molecule has 0 fully saturated rings. The normalized spacial score (nSPS) is 10.8. The van der Waals surface area contributed by atoms with Gasteiger partial charge in [-0.1, -0.05) is 13.8 Å². The third-order valence-corrected chi connectivity index (χ3v) is 2.47. The van der Waals surface area contributed by atoms with E-state index in [1.807, 2.05) is 7.05 Å². The molecule has 0 aliphatic heterocycles. The van der Waals surface area contributed by atoms with E-state index >= 15 is 0 Å². The molecule has 1 rings (SSSR count). The SMILES string of the molecule is CC(C)Cc1c(C=O)c(Br)nn1C. The molecule has 0 unspecified atom stereocenters. The number of carbonyl (C=O) groups excluding carboxylic acids is 1. The number of nitrogens with zero attached hydrogens (tertiary/aromatic N) is 2. The first kappa shape index (κ1) is 10.4. The van der Waals surface area contributed by atoms with Gasteiger partial charge in [0.25, 0.3) is 0 Å². The zero-order valence-electron chi connectivity index (χ0n) is 8.04. The summed E-state index contributed by atoms with van der Waals surface area (Å²) in [6.07, 6.45) is 1.73. The van der Waals surface area contributed by atoms with Gasteiger partial charge in [0, 0.05) is 7.05 Å². The number of aromatic nitrogens is 2. The number of aryl methyl sites for hydroxylation is 1. The Morgan fingerprint density at radius 1 is 1.62 bits per heavy atom. The van der Waals surface area contributed by atoms with Gasteiger partial charge in [0.1, 0.15) is 4.60 Å². The highest BCUT2D eigenvalue weighted by Crippen LogP contribution is 2.19. The van der Waals surface area contributed by atoms with Gasteiger partial charge < -0.3 is 0 Å². The first-order chi connectivity index (χ1) is 6.06. The van der Waals surface area contributed by atoms with Crippen molar-refractivity contribution in [2.75, 3.05) is 0 Å². The maximum Gasteiger partial charge on any atom is 0.154 e. The van der Waals surface area contributed by atoms with E-state index in [-0.39, 0.29) is 0 Å². The van der Waals surface area contributed by atoms with Crippen molar-refractivity contribution in [3.8, 4) is 0 Å². The third-order valence-electron chi connectivity index (χ3n) is 1.88. The maximum atomic E-state index is 10.8. The topological polar surface area (TPSA) is 34.9 Å². The van der Waals surface area contributed by atoms with E-state index in [2.05, 4.69) is 34.9 Å². The minimum atomic E-state index is 0.529. The smallest absolute Gasteiger partial charge is 0.154 e. The number of halogens is 1. The molecule has 0 aromatic carbocycles. The highest BCUT2D eigenvalue weighted by Gasteiger charge is 2.14. The van der Waals surface area contributed by atoms with E-state index in [0.717, 1.165) is 18.4 Å². The highest BCUT2D eigenvalue weighted by molar-refractivity contribution is 9.10. The van der Waals surface area contributed by atoms with E-state index in [1.54, 1.807) is 4.68 Å². The summed E-state index contributed by atoms with van der Waals surface area (Å²) in [5.41, 5.74) is 1.67. The number of aldehydes is 1. The molecule has 0 N–H and O–H groups in total. The minimum absolute atomic E-state index is 0.529. The van der Waals surface area contributed by atoms with Gasteiger partial charge >= 0.3 is 0 Å².